The fourth-order valence-corrected chi connectivity index (χ4v) is 4.49. The van der Waals surface area contributed by atoms with Gasteiger partial charge in [0.05, 0.1) is 12.1 Å². The van der Waals surface area contributed by atoms with E-state index in [1.54, 1.807) is 11.0 Å². The molecule has 0 saturated carbocycles. The molecule has 1 heterocycles. The summed E-state index contributed by atoms with van der Waals surface area (Å²) in [6.45, 7) is 6.84. The van der Waals surface area contributed by atoms with Crippen LogP contribution in [0.1, 0.15) is 20.8 Å². The van der Waals surface area contributed by atoms with Crippen LogP contribution in [-0.2, 0) is 14.8 Å². The zero-order chi connectivity index (χ0) is 18.1. The highest BCUT2D eigenvalue weighted by atomic mass is 35.5. The summed E-state index contributed by atoms with van der Waals surface area (Å²) in [5, 5.41) is 0.127. The maximum absolute atomic E-state index is 12.8. The molecular weight excluding hydrogens is 352 g/mol. The monoisotopic (exact) mass is 374 g/mol. The summed E-state index contributed by atoms with van der Waals surface area (Å²) in [5.41, 5.74) is -0.472. The normalized spacial score (nSPS) is 17.0. The van der Waals surface area contributed by atoms with Gasteiger partial charge in [-0.25, -0.2) is 8.42 Å². The molecule has 1 aliphatic heterocycles. The van der Waals surface area contributed by atoms with E-state index in [0.717, 1.165) is 0 Å². The highest BCUT2D eigenvalue weighted by molar-refractivity contribution is 7.89. The van der Waals surface area contributed by atoms with Gasteiger partial charge in [-0.15, -0.1) is 0 Å². The number of rotatable bonds is 3. The molecule has 0 aliphatic carbocycles. The van der Waals surface area contributed by atoms with Crippen LogP contribution in [0.4, 0.5) is 0 Å². The Bertz CT molecular complexity index is 720. The van der Waals surface area contributed by atoms with Crippen molar-refractivity contribution in [2.24, 2.45) is 5.41 Å². The number of benzene rings is 1. The van der Waals surface area contributed by atoms with Gasteiger partial charge in [-0.3, -0.25) is 4.79 Å². The minimum Gasteiger partial charge on any atom is -0.497 e. The third-order valence-corrected chi connectivity index (χ3v) is 6.31. The third-order valence-electron chi connectivity index (χ3n) is 3.92. The Morgan fingerprint density at radius 2 is 1.75 bits per heavy atom. The number of hydrogen-bond acceptors (Lipinski definition) is 4. The van der Waals surface area contributed by atoms with Gasteiger partial charge in [0.25, 0.3) is 0 Å². The molecule has 1 aromatic rings. The number of hydrogen-bond donors (Lipinski definition) is 0. The minimum absolute atomic E-state index is 0.0297. The van der Waals surface area contributed by atoms with E-state index >= 15 is 0 Å². The Morgan fingerprint density at radius 3 is 2.21 bits per heavy atom. The minimum atomic E-state index is -3.69. The van der Waals surface area contributed by atoms with Gasteiger partial charge < -0.3 is 9.64 Å². The van der Waals surface area contributed by atoms with Gasteiger partial charge in [0.2, 0.25) is 15.9 Å². The van der Waals surface area contributed by atoms with E-state index in [1.165, 1.54) is 23.5 Å². The lowest BCUT2D eigenvalue weighted by Crippen LogP contribution is -2.52. The molecule has 1 aromatic carbocycles. The van der Waals surface area contributed by atoms with Gasteiger partial charge in [-0.05, 0) is 12.1 Å². The average molecular weight is 375 g/mol. The molecule has 1 fully saturated rings. The zero-order valence-corrected chi connectivity index (χ0v) is 15.9. The average Bonchev–Trinajstić information content (AvgIpc) is 2.53. The predicted molar refractivity (Wildman–Crippen MR) is 92.8 cm³/mol. The van der Waals surface area contributed by atoms with Gasteiger partial charge in [-0.1, -0.05) is 32.4 Å². The smallest absolute Gasteiger partial charge is 0.244 e. The number of nitrogens with zero attached hydrogens (tertiary/aromatic N) is 2. The molecule has 0 bridgehead atoms. The molecule has 1 aliphatic rings. The fraction of sp³-hybridized carbons (Fsp3) is 0.562. The lowest BCUT2D eigenvalue weighted by molar-refractivity contribution is -0.140. The number of carbonyl (C=O) groups excluding carboxylic acids is 1. The Hall–Kier alpha value is -1.31. The van der Waals surface area contributed by atoms with Crippen LogP contribution in [0.25, 0.3) is 0 Å². The van der Waals surface area contributed by atoms with E-state index in [9.17, 15) is 13.2 Å². The molecule has 1 amide bonds. The van der Waals surface area contributed by atoms with Gasteiger partial charge in [0.1, 0.15) is 10.6 Å². The Balaban J connectivity index is 2.15. The first-order valence-corrected chi connectivity index (χ1v) is 9.52. The highest BCUT2D eigenvalue weighted by Crippen LogP contribution is 2.29. The van der Waals surface area contributed by atoms with Crippen LogP contribution >= 0.6 is 11.6 Å². The maximum Gasteiger partial charge on any atom is 0.244 e. The van der Waals surface area contributed by atoms with Crippen LogP contribution < -0.4 is 4.74 Å². The number of halogens is 1. The first-order chi connectivity index (χ1) is 11.1. The Labute approximate surface area is 148 Å². The second kappa shape index (κ2) is 6.90. The SMILES string of the molecule is COc1ccc(S(=O)(=O)N2CCN(C(=O)C(C)(C)C)CC2)c(Cl)c1. The van der Waals surface area contributed by atoms with Crippen molar-refractivity contribution >= 4 is 27.5 Å². The van der Waals surface area contributed by atoms with Crippen molar-refractivity contribution in [1.82, 2.24) is 9.21 Å². The molecule has 0 atom stereocenters. The van der Waals surface area contributed by atoms with Crippen LogP contribution in [0.2, 0.25) is 5.02 Å². The molecule has 0 spiro atoms. The number of amides is 1. The first-order valence-electron chi connectivity index (χ1n) is 7.70. The van der Waals surface area contributed by atoms with Crippen molar-refractivity contribution in [1.29, 1.82) is 0 Å². The molecule has 134 valence electrons. The van der Waals surface area contributed by atoms with E-state index in [0.29, 0.717) is 18.8 Å². The van der Waals surface area contributed by atoms with Gasteiger partial charge in [0.15, 0.2) is 0 Å². The summed E-state index contributed by atoms with van der Waals surface area (Å²) >= 11 is 6.10. The maximum atomic E-state index is 12.8. The number of ether oxygens (including phenoxy) is 1. The largest absolute Gasteiger partial charge is 0.497 e. The number of piperazine rings is 1. The highest BCUT2D eigenvalue weighted by Gasteiger charge is 2.34. The Morgan fingerprint density at radius 1 is 1.17 bits per heavy atom. The quantitative estimate of drug-likeness (QED) is 0.813. The Kier molecular flexibility index (Phi) is 5.47. The lowest BCUT2D eigenvalue weighted by atomic mass is 9.94. The molecule has 0 aromatic heterocycles. The summed E-state index contributed by atoms with van der Waals surface area (Å²) in [4.78, 5) is 14.1. The second-order valence-electron chi connectivity index (χ2n) is 6.74. The molecule has 0 N–H and O–H groups in total. The summed E-state index contributed by atoms with van der Waals surface area (Å²) in [5.74, 6) is 0.529. The van der Waals surface area contributed by atoms with Crippen LogP contribution in [0, 0.1) is 5.41 Å². The molecule has 0 unspecified atom stereocenters. The molecule has 0 radical (unpaired) electrons. The number of sulfonamides is 1. The van der Waals surface area contributed by atoms with E-state index in [4.69, 9.17) is 16.3 Å². The van der Waals surface area contributed by atoms with Crippen molar-refractivity contribution in [3.05, 3.63) is 23.2 Å². The summed E-state index contributed by atoms with van der Waals surface area (Å²) in [7, 11) is -2.20. The van der Waals surface area contributed by atoms with Crippen LogP contribution in [0.3, 0.4) is 0 Å². The summed E-state index contributed by atoms with van der Waals surface area (Å²) < 4.78 is 32.0. The van der Waals surface area contributed by atoms with E-state index in [2.05, 4.69) is 0 Å². The van der Waals surface area contributed by atoms with Crippen LogP contribution in [-0.4, -0.2) is 56.8 Å². The van der Waals surface area contributed by atoms with Crippen molar-refractivity contribution < 1.29 is 17.9 Å². The van der Waals surface area contributed by atoms with Crippen molar-refractivity contribution in [3.8, 4) is 5.75 Å². The number of carbonyl (C=O) groups is 1. The number of methoxy groups -OCH3 is 1. The second-order valence-corrected chi connectivity index (χ2v) is 9.06. The molecule has 8 heteroatoms. The van der Waals surface area contributed by atoms with Gasteiger partial charge in [0, 0.05) is 37.7 Å². The zero-order valence-electron chi connectivity index (χ0n) is 14.4. The van der Waals surface area contributed by atoms with Crippen LogP contribution in [0.5, 0.6) is 5.75 Å². The molecule has 1 saturated heterocycles. The van der Waals surface area contributed by atoms with Gasteiger partial charge in [-0.2, -0.15) is 4.31 Å². The van der Waals surface area contributed by atoms with Crippen molar-refractivity contribution in [2.75, 3.05) is 33.3 Å². The van der Waals surface area contributed by atoms with Crippen molar-refractivity contribution in [2.45, 2.75) is 25.7 Å². The summed E-state index contributed by atoms with van der Waals surface area (Å²) in [6.07, 6.45) is 0. The molecule has 24 heavy (non-hydrogen) atoms. The van der Waals surface area contributed by atoms with E-state index in [1.807, 2.05) is 20.8 Å². The third kappa shape index (κ3) is 3.84. The predicted octanol–water partition coefficient (Wildman–Crippen LogP) is 2.23. The van der Waals surface area contributed by atoms with Crippen LogP contribution in [0.15, 0.2) is 23.1 Å². The topological polar surface area (TPSA) is 66.9 Å². The molecular formula is C16H23ClN2O4S. The molecule has 2 rings (SSSR count). The fourth-order valence-electron chi connectivity index (χ4n) is 2.56. The van der Waals surface area contributed by atoms with Gasteiger partial charge >= 0.3 is 0 Å². The standard InChI is InChI=1S/C16H23ClN2O4S/c1-16(2,3)15(20)18-7-9-19(10-8-18)24(21,22)14-6-5-12(23-4)11-13(14)17/h5-6,11H,7-10H2,1-4H3. The lowest BCUT2D eigenvalue weighted by Gasteiger charge is -2.37. The first kappa shape index (κ1) is 19.0. The van der Waals surface area contributed by atoms with E-state index in [-0.39, 0.29) is 28.9 Å². The summed E-state index contributed by atoms with van der Waals surface area (Å²) in [6, 6.07) is 4.50. The van der Waals surface area contributed by atoms with Crippen molar-refractivity contribution in [3.63, 3.8) is 0 Å². The molecule has 6 nitrogen and oxygen atoms in total. The van der Waals surface area contributed by atoms with E-state index < -0.39 is 15.4 Å².